The Morgan fingerprint density at radius 3 is 2.46 bits per heavy atom. The predicted molar refractivity (Wildman–Crippen MR) is 98.6 cm³/mol. The molecule has 134 valence electrons. The van der Waals surface area contributed by atoms with E-state index in [4.69, 9.17) is 5.10 Å². The van der Waals surface area contributed by atoms with Gasteiger partial charge in [0.05, 0.1) is 11.9 Å². The van der Waals surface area contributed by atoms with Gasteiger partial charge in [-0.15, -0.1) is 15.3 Å². The first-order chi connectivity index (χ1) is 12.8. The van der Waals surface area contributed by atoms with Gasteiger partial charge in [0.15, 0.2) is 11.5 Å². The van der Waals surface area contributed by atoms with Gasteiger partial charge in [-0.25, -0.2) is 4.98 Å². The molecule has 0 amide bonds. The molecule has 26 heavy (non-hydrogen) atoms. The average Bonchev–Trinajstić information content (AvgIpc) is 3.04. The average molecular weight is 350 g/mol. The summed E-state index contributed by atoms with van der Waals surface area (Å²) < 4.78 is 1.94. The summed E-state index contributed by atoms with van der Waals surface area (Å²) in [7, 11) is 0. The zero-order valence-electron chi connectivity index (χ0n) is 14.9. The molecule has 0 bridgehead atoms. The molecule has 2 fully saturated rings. The van der Waals surface area contributed by atoms with E-state index >= 15 is 0 Å². The maximum atomic E-state index is 4.80. The van der Waals surface area contributed by atoms with Gasteiger partial charge in [-0.1, -0.05) is 0 Å². The summed E-state index contributed by atoms with van der Waals surface area (Å²) in [5.41, 5.74) is 1.78. The lowest BCUT2D eigenvalue weighted by Crippen LogP contribution is -2.38. The molecular weight excluding hydrogens is 328 g/mol. The first-order valence-electron chi connectivity index (χ1n) is 9.29. The van der Waals surface area contributed by atoms with Crippen LogP contribution in [0.15, 0.2) is 24.5 Å². The fourth-order valence-corrected chi connectivity index (χ4v) is 3.73. The zero-order valence-corrected chi connectivity index (χ0v) is 14.9. The van der Waals surface area contributed by atoms with Crippen LogP contribution in [0, 0.1) is 6.92 Å². The summed E-state index contributed by atoms with van der Waals surface area (Å²) in [5, 5.41) is 13.6. The number of nitrogens with zero attached hydrogens (tertiary/aromatic N) is 8. The SMILES string of the molecule is Cc1cncc(N2CCC(c3nnc4ccc(N5CCC5)nn34)CC2)n1. The van der Waals surface area contributed by atoms with Crippen molar-refractivity contribution in [1.82, 2.24) is 29.8 Å². The van der Waals surface area contributed by atoms with Crippen LogP contribution in [0.4, 0.5) is 11.6 Å². The molecule has 0 radical (unpaired) electrons. The molecule has 2 saturated heterocycles. The van der Waals surface area contributed by atoms with Crippen LogP contribution in [-0.4, -0.2) is 56.0 Å². The van der Waals surface area contributed by atoms with Crippen molar-refractivity contribution in [3.8, 4) is 0 Å². The van der Waals surface area contributed by atoms with E-state index in [9.17, 15) is 0 Å². The van der Waals surface area contributed by atoms with Gasteiger partial charge in [0, 0.05) is 38.3 Å². The van der Waals surface area contributed by atoms with Crippen molar-refractivity contribution < 1.29 is 0 Å². The Labute approximate surface area is 151 Å². The summed E-state index contributed by atoms with van der Waals surface area (Å²) in [4.78, 5) is 13.5. The fraction of sp³-hybridized carbons (Fsp3) is 0.500. The van der Waals surface area contributed by atoms with Crippen molar-refractivity contribution in [2.75, 3.05) is 36.0 Å². The third-order valence-corrected chi connectivity index (χ3v) is 5.38. The number of hydrogen-bond acceptors (Lipinski definition) is 7. The number of aryl methyl sites for hydroxylation is 1. The molecule has 0 aliphatic carbocycles. The van der Waals surface area contributed by atoms with Crippen LogP contribution in [0.3, 0.4) is 0 Å². The Kier molecular flexibility index (Phi) is 3.69. The Morgan fingerprint density at radius 1 is 0.923 bits per heavy atom. The van der Waals surface area contributed by atoms with Crippen molar-refractivity contribution in [2.45, 2.75) is 32.1 Å². The van der Waals surface area contributed by atoms with E-state index in [2.05, 4.69) is 30.0 Å². The molecule has 2 aliphatic heterocycles. The summed E-state index contributed by atoms with van der Waals surface area (Å²) >= 11 is 0. The minimum Gasteiger partial charge on any atom is -0.355 e. The van der Waals surface area contributed by atoms with Crippen molar-refractivity contribution in [3.63, 3.8) is 0 Å². The zero-order chi connectivity index (χ0) is 17.5. The van der Waals surface area contributed by atoms with Gasteiger partial charge in [0.2, 0.25) is 0 Å². The minimum absolute atomic E-state index is 0.373. The molecule has 8 heteroatoms. The summed E-state index contributed by atoms with van der Waals surface area (Å²) in [6.45, 7) is 6.05. The van der Waals surface area contributed by atoms with E-state index in [1.54, 1.807) is 6.20 Å². The first kappa shape index (κ1) is 15.5. The highest BCUT2D eigenvalue weighted by Crippen LogP contribution is 2.29. The largest absolute Gasteiger partial charge is 0.355 e. The quantitative estimate of drug-likeness (QED) is 0.713. The second-order valence-electron chi connectivity index (χ2n) is 7.14. The van der Waals surface area contributed by atoms with Crippen molar-refractivity contribution in [2.24, 2.45) is 0 Å². The predicted octanol–water partition coefficient (Wildman–Crippen LogP) is 1.82. The minimum atomic E-state index is 0.373. The highest BCUT2D eigenvalue weighted by Gasteiger charge is 2.26. The first-order valence-corrected chi connectivity index (χ1v) is 9.29. The van der Waals surface area contributed by atoms with E-state index in [0.717, 1.165) is 67.8 Å². The second kappa shape index (κ2) is 6.19. The van der Waals surface area contributed by atoms with Crippen LogP contribution >= 0.6 is 0 Å². The highest BCUT2D eigenvalue weighted by molar-refractivity contribution is 5.47. The number of rotatable bonds is 3. The van der Waals surface area contributed by atoms with Crippen LogP contribution in [0.1, 0.15) is 36.7 Å². The van der Waals surface area contributed by atoms with E-state index in [1.807, 2.05) is 29.8 Å². The maximum Gasteiger partial charge on any atom is 0.178 e. The molecule has 0 atom stereocenters. The molecule has 5 rings (SSSR count). The van der Waals surface area contributed by atoms with Gasteiger partial charge < -0.3 is 9.80 Å². The van der Waals surface area contributed by atoms with Gasteiger partial charge in [-0.3, -0.25) is 4.98 Å². The molecular formula is C18H22N8. The van der Waals surface area contributed by atoms with Gasteiger partial charge in [0.1, 0.15) is 11.6 Å². The number of piperidine rings is 1. The molecule has 0 saturated carbocycles. The summed E-state index contributed by atoms with van der Waals surface area (Å²) in [6, 6.07) is 4.07. The van der Waals surface area contributed by atoms with Crippen LogP contribution in [0.25, 0.3) is 5.65 Å². The van der Waals surface area contributed by atoms with Gasteiger partial charge in [-0.2, -0.15) is 4.52 Å². The monoisotopic (exact) mass is 350 g/mol. The normalized spacial score (nSPS) is 18.3. The molecule has 0 spiro atoms. The second-order valence-corrected chi connectivity index (χ2v) is 7.14. The molecule has 3 aromatic rings. The summed E-state index contributed by atoms with van der Waals surface area (Å²) in [6.07, 6.45) is 6.92. The van der Waals surface area contributed by atoms with Crippen molar-refractivity contribution >= 4 is 17.3 Å². The third kappa shape index (κ3) is 2.65. The maximum absolute atomic E-state index is 4.80. The van der Waals surface area contributed by atoms with E-state index in [1.165, 1.54) is 6.42 Å². The number of fused-ring (bicyclic) bond motifs is 1. The van der Waals surface area contributed by atoms with Crippen LogP contribution in [0.5, 0.6) is 0 Å². The Morgan fingerprint density at radius 2 is 1.73 bits per heavy atom. The van der Waals surface area contributed by atoms with Gasteiger partial charge in [0.25, 0.3) is 0 Å². The molecule has 2 aliphatic rings. The van der Waals surface area contributed by atoms with E-state index in [-0.39, 0.29) is 0 Å². The number of anilines is 2. The van der Waals surface area contributed by atoms with Crippen LogP contribution in [0.2, 0.25) is 0 Å². The molecule has 3 aromatic heterocycles. The van der Waals surface area contributed by atoms with Crippen molar-refractivity contribution in [1.29, 1.82) is 0 Å². The summed E-state index contributed by atoms with van der Waals surface area (Å²) in [5.74, 6) is 3.35. The van der Waals surface area contributed by atoms with Gasteiger partial charge in [-0.05, 0) is 38.3 Å². The molecule has 0 unspecified atom stereocenters. The Balaban J connectivity index is 1.36. The molecule has 8 nitrogen and oxygen atoms in total. The highest BCUT2D eigenvalue weighted by atomic mass is 15.4. The third-order valence-electron chi connectivity index (χ3n) is 5.38. The lowest BCUT2D eigenvalue weighted by molar-refractivity contribution is 0.474. The fourth-order valence-electron chi connectivity index (χ4n) is 3.73. The number of aromatic nitrogens is 6. The molecule has 5 heterocycles. The standard InChI is InChI=1S/C18H22N8/c1-13-11-19-12-17(20-13)25-9-5-14(6-10-25)18-22-21-15-3-4-16(23-26(15)18)24-7-2-8-24/h3-4,11-12,14H,2,5-10H2,1H3. The smallest absolute Gasteiger partial charge is 0.178 e. The molecule has 0 N–H and O–H groups in total. The molecule has 0 aromatic carbocycles. The Bertz CT molecular complexity index is 924. The topological polar surface area (TPSA) is 75.3 Å². The van der Waals surface area contributed by atoms with Crippen LogP contribution < -0.4 is 9.80 Å². The van der Waals surface area contributed by atoms with Crippen LogP contribution in [-0.2, 0) is 0 Å². The van der Waals surface area contributed by atoms with E-state index in [0.29, 0.717) is 5.92 Å². The lowest BCUT2D eigenvalue weighted by Gasteiger charge is -2.32. The van der Waals surface area contributed by atoms with Gasteiger partial charge >= 0.3 is 0 Å². The number of hydrogen-bond donors (Lipinski definition) is 0. The van der Waals surface area contributed by atoms with E-state index < -0.39 is 0 Å². The lowest BCUT2D eigenvalue weighted by atomic mass is 9.96. The Hall–Kier alpha value is -2.77. The van der Waals surface area contributed by atoms with Crippen molar-refractivity contribution in [3.05, 3.63) is 36.0 Å².